The van der Waals surface area contributed by atoms with E-state index in [0.29, 0.717) is 32.7 Å². The van der Waals surface area contributed by atoms with Crippen molar-refractivity contribution >= 4 is 28.8 Å². The molecule has 0 radical (unpaired) electrons. The number of benzene rings is 2. The van der Waals surface area contributed by atoms with Crippen LogP contribution in [0.1, 0.15) is 27.6 Å². The van der Waals surface area contributed by atoms with Crippen LogP contribution in [-0.4, -0.2) is 60.9 Å². The summed E-state index contributed by atoms with van der Waals surface area (Å²) in [5.41, 5.74) is 4.17. The molecule has 6 nitrogen and oxygen atoms in total. The van der Waals surface area contributed by atoms with Gasteiger partial charge in [-0.15, -0.1) is 11.3 Å². The van der Waals surface area contributed by atoms with Crippen molar-refractivity contribution in [3.8, 4) is 0 Å². The third-order valence-corrected chi connectivity index (χ3v) is 7.19. The normalized spacial score (nSPS) is 15.2. The van der Waals surface area contributed by atoms with E-state index in [9.17, 15) is 9.59 Å². The highest BCUT2D eigenvalue weighted by molar-refractivity contribution is 7.10. The zero-order valence-electron chi connectivity index (χ0n) is 19.8. The van der Waals surface area contributed by atoms with Gasteiger partial charge in [0.25, 0.3) is 0 Å². The van der Waals surface area contributed by atoms with Crippen LogP contribution < -0.4 is 10.6 Å². The minimum Gasteiger partial charge on any atom is -0.339 e. The molecule has 1 atom stereocenters. The van der Waals surface area contributed by atoms with E-state index in [1.54, 1.807) is 11.3 Å². The molecule has 1 aliphatic rings. The zero-order valence-corrected chi connectivity index (χ0v) is 20.6. The molecule has 2 N–H and O–H groups in total. The topological polar surface area (TPSA) is 64.7 Å². The van der Waals surface area contributed by atoms with E-state index < -0.39 is 0 Å². The molecule has 1 aromatic heterocycles. The Morgan fingerprint density at radius 1 is 0.912 bits per heavy atom. The van der Waals surface area contributed by atoms with Crippen molar-refractivity contribution in [1.29, 1.82) is 0 Å². The van der Waals surface area contributed by atoms with Crippen molar-refractivity contribution in [2.24, 2.45) is 0 Å². The van der Waals surface area contributed by atoms with Gasteiger partial charge in [0.2, 0.25) is 11.8 Å². The smallest absolute Gasteiger partial charge is 0.238 e. The Bertz CT molecular complexity index is 1070. The van der Waals surface area contributed by atoms with E-state index in [-0.39, 0.29) is 24.4 Å². The van der Waals surface area contributed by atoms with Crippen LogP contribution in [0.15, 0.2) is 66.0 Å². The third-order valence-electron chi connectivity index (χ3n) is 6.26. The molecule has 34 heavy (non-hydrogen) atoms. The van der Waals surface area contributed by atoms with Gasteiger partial charge in [0.05, 0.1) is 19.1 Å². The van der Waals surface area contributed by atoms with E-state index in [4.69, 9.17) is 0 Å². The Kier molecular flexibility index (Phi) is 8.11. The van der Waals surface area contributed by atoms with Gasteiger partial charge < -0.3 is 10.2 Å². The molecule has 3 aromatic rings. The van der Waals surface area contributed by atoms with Crippen LogP contribution in [0.3, 0.4) is 0 Å². The van der Waals surface area contributed by atoms with Gasteiger partial charge in [-0.05, 0) is 42.0 Å². The minimum atomic E-state index is -0.0134. The quantitative estimate of drug-likeness (QED) is 0.519. The fraction of sp³-hybridized carbons (Fsp3) is 0.333. The molecular formula is C27H32N4O2S. The van der Waals surface area contributed by atoms with E-state index in [1.165, 1.54) is 4.88 Å². The lowest BCUT2D eigenvalue weighted by Gasteiger charge is -2.34. The molecule has 1 fully saturated rings. The average molecular weight is 477 g/mol. The van der Waals surface area contributed by atoms with Crippen molar-refractivity contribution in [2.45, 2.75) is 19.9 Å². The van der Waals surface area contributed by atoms with Crippen molar-refractivity contribution in [3.05, 3.63) is 87.6 Å². The summed E-state index contributed by atoms with van der Waals surface area (Å²) < 4.78 is 0. The Hall–Kier alpha value is -3.00. The van der Waals surface area contributed by atoms with Crippen LogP contribution in [0, 0.1) is 13.8 Å². The van der Waals surface area contributed by atoms with Gasteiger partial charge in [0, 0.05) is 36.7 Å². The zero-order chi connectivity index (χ0) is 23.9. The SMILES string of the molecule is Cc1cccc(C)c1NC(=O)CN1CCN(C(=O)CNC(c2ccccc2)c2cccs2)CC1. The number of amides is 2. The van der Waals surface area contributed by atoms with Crippen molar-refractivity contribution in [2.75, 3.05) is 44.6 Å². The molecule has 1 aliphatic heterocycles. The molecule has 2 amide bonds. The second-order valence-corrected chi connectivity index (χ2v) is 9.69. The van der Waals surface area contributed by atoms with Gasteiger partial charge in [-0.3, -0.25) is 19.8 Å². The summed E-state index contributed by atoms with van der Waals surface area (Å²) in [4.78, 5) is 30.7. The standard InChI is InChI=1S/C27H32N4O2S/c1-20-8-6-9-21(2)26(20)29-24(32)19-30-13-15-31(16-14-30)25(33)18-28-27(23-12-7-17-34-23)22-10-4-3-5-11-22/h3-12,17,27-28H,13-16,18-19H2,1-2H3,(H,29,32). The summed E-state index contributed by atoms with van der Waals surface area (Å²) in [6, 6.07) is 20.4. The maximum absolute atomic E-state index is 12.9. The van der Waals surface area contributed by atoms with Crippen LogP contribution in [0.5, 0.6) is 0 Å². The molecule has 0 saturated carbocycles. The number of nitrogens with zero attached hydrogens (tertiary/aromatic N) is 2. The van der Waals surface area contributed by atoms with Gasteiger partial charge in [-0.1, -0.05) is 54.6 Å². The van der Waals surface area contributed by atoms with Gasteiger partial charge in [-0.2, -0.15) is 0 Å². The largest absolute Gasteiger partial charge is 0.339 e. The predicted molar refractivity (Wildman–Crippen MR) is 138 cm³/mol. The molecule has 4 rings (SSSR count). The molecule has 0 aliphatic carbocycles. The van der Waals surface area contributed by atoms with Crippen molar-refractivity contribution in [1.82, 2.24) is 15.1 Å². The molecular weight excluding hydrogens is 444 g/mol. The Morgan fingerprint density at radius 3 is 2.26 bits per heavy atom. The van der Waals surface area contributed by atoms with Crippen LogP contribution in [-0.2, 0) is 9.59 Å². The number of piperazine rings is 1. The summed E-state index contributed by atoms with van der Waals surface area (Å²) in [6.45, 7) is 7.27. The average Bonchev–Trinajstić information content (AvgIpc) is 3.37. The van der Waals surface area contributed by atoms with Gasteiger partial charge in [-0.25, -0.2) is 0 Å². The lowest BCUT2D eigenvalue weighted by molar-refractivity contribution is -0.132. The number of para-hydroxylation sites is 1. The van der Waals surface area contributed by atoms with Crippen molar-refractivity contribution in [3.63, 3.8) is 0 Å². The van der Waals surface area contributed by atoms with Crippen molar-refractivity contribution < 1.29 is 9.59 Å². The number of rotatable bonds is 8. The molecule has 2 heterocycles. The number of nitrogens with one attached hydrogen (secondary N) is 2. The van der Waals surface area contributed by atoms with Crippen LogP contribution >= 0.6 is 11.3 Å². The van der Waals surface area contributed by atoms with Gasteiger partial charge >= 0.3 is 0 Å². The van der Waals surface area contributed by atoms with Crippen LogP contribution in [0.4, 0.5) is 5.69 Å². The number of hydrogen-bond donors (Lipinski definition) is 2. The molecule has 0 spiro atoms. The highest BCUT2D eigenvalue weighted by atomic mass is 32.1. The summed E-state index contributed by atoms with van der Waals surface area (Å²) >= 11 is 1.69. The second-order valence-electron chi connectivity index (χ2n) is 8.71. The molecule has 178 valence electrons. The van der Waals surface area contributed by atoms with Gasteiger partial charge in [0.1, 0.15) is 0 Å². The first-order valence-corrected chi connectivity index (χ1v) is 12.6. The fourth-order valence-corrected chi connectivity index (χ4v) is 5.16. The minimum absolute atomic E-state index is 0.0000323. The number of thiophene rings is 1. The fourth-order valence-electron chi connectivity index (χ4n) is 4.33. The lowest BCUT2D eigenvalue weighted by Crippen LogP contribution is -2.52. The number of carbonyl (C=O) groups is 2. The first-order valence-electron chi connectivity index (χ1n) is 11.7. The summed E-state index contributed by atoms with van der Waals surface area (Å²) in [6.07, 6.45) is 0. The Morgan fingerprint density at radius 2 is 1.62 bits per heavy atom. The summed E-state index contributed by atoms with van der Waals surface area (Å²) in [5, 5.41) is 8.57. The third kappa shape index (κ3) is 6.11. The van der Waals surface area contributed by atoms with E-state index in [2.05, 4.69) is 39.1 Å². The monoisotopic (exact) mass is 476 g/mol. The Balaban J connectivity index is 1.26. The first kappa shape index (κ1) is 24.1. The number of carbonyl (C=O) groups excluding carboxylic acids is 2. The highest BCUT2D eigenvalue weighted by Gasteiger charge is 2.24. The molecule has 7 heteroatoms. The molecule has 1 saturated heterocycles. The molecule has 2 aromatic carbocycles. The van der Waals surface area contributed by atoms with E-state index in [0.717, 1.165) is 22.4 Å². The van der Waals surface area contributed by atoms with Crippen LogP contribution in [0.2, 0.25) is 0 Å². The summed E-state index contributed by atoms with van der Waals surface area (Å²) in [5.74, 6) is 0.0811. The highest BCUT2D eigenvalue weighted by Crippen LogP contribution is 2.25. The number of aryl methyl sites for hydroxylation is 2. The van der Waals surface area contributed by atoms with Crippen LogP contribution in [0.25, 0.3) is 0 Å². The maximum atomic E-state index is 12.9. The van der Waals surface area contributed by atoms with Gasteiger partial charge in [0.15, 0.2) is 0 Å². The van der Waals surface area contributed by atoms with E-state index in [1.807, 2.05) is 61.2 Å². The Labute approximate surface area is 205 Å². The number of hydrogen-bond acceptors (Lipinski definition) is 5. The maximum Gasteiger partial charge on any atom is 0.238 e. The predicted octanol–water partition coefficient (Wildman–Crippen LogP) is 3.83. The molecule has 0 bridgehead atoms. The summed E-state index contributed by atoms with van der Waals surface area (Å²) in [7, 11) is 0. The lowest BCUT2D eigenvalue weighted by atomic mass is 10.1. The second kappa shape index (κ2) is 11.4. The first-order chi connectivity index (χ1) is 16.5. The number of anilines is 1. The van der Waals surface area contributed by atoms with E-state index >= 15 is 0 Å². The molecule has 1 unspecified atom stereocenters.